The third kappa shape index (κ3) is 18.0. The first-order valence-electron chi connectivity index (χ1n) is 25.1. The lowest BCUT2D eigenvalue weighted by Gasteiger charge is -2.51. The first-order valence-corrected chi connectivity index (χ1v) is 25.1. The molecule has 18 nitrogen and oxygen atoms in total. The second-order valence-corrected chi connectivity index (χ2v) is 21.1. The molecule has 18 heteroatoms. The maximum absolute atomic E-state index is 11.9. The second-order valence-electron chi connectivity index (χ2n) is 21.1. The van der Waals surface area contributed by atoms with Gasteiger partial charge in [0.05, 0.1) is 59.0 Å². The Morgan fingerprint density at radius 3 is 1.64 bits per heavy atom. The van der Waals surface area contributed by atoms with Gasteiger partial charge in [-0.05, 0) is 123 Å². The zero-order valence-electron chi connectivity index (χ0n) is 44.2. The minimum atomic E-state index is -0.422. The lowest BCUT2D eigenvalue weighted by atomic mass is 9.84. The summed E-state index contributed by atoms with van der Waals surface area (Å²) >= 11 is 0. The number of carbonyl (C=O) groups is 4. The number of rotatable bonds is 10. The van der Waals surface area contributed by atoms with Crippen LogP contribution in [0.4, 0.5) is 4.79 Å². The topological polar surface area (TPSA) is 191 Å². The molecule has 4 heterocycles. The number of likely N-dealkylation sites (tertiary alicyclic amines) is 1. The van der Waals surface area contributed by atoms with E-state index in [0.717, 1.165) is 134 Å². The number of morpholine rings is 2. The van der Waals surface area contributed by atoms with E-state index >= 15 is 0 Å². The Hall–Kier alpha value is -4.88. The largest absolute Gasteiger partial charge is 0.496 e. The second kappa shape index (κ2) is 27.4. The lowest BCUT2D eigenvalue weighted by Crippen LogP contribution is -2.61. The Bertz CT molecular complexity index is 2000. The highest BCUT2D eigenvalue weighted by Gasteiger charge is 2.44. The van der Waals surface area contributed by atoms with E-state index in [1.54, 1.807) is 48.4 Å². The van der Waals surface area contributed by atoms with Gasteiger partial charge in [-0.1, -0.05) is 14.4 Å². The highest BCUT2D eigenvalue weighted by Crippen LogP contribution is 2.37. The molecule has 0 aromatic heterocycles. The van der Waals surface area contributed by atoms with Gasteiger partial charge in [0.2, 0.25) is 0 Å². The van der Waals surface area contributed by atoms with Crippen LogP contribution in [0.15, 0.2) is 36.4 Å². The van der Waals surface area contributed by atoms with Crippen molar-refractivity contribution >= 4 is 24.5 Å². The molecule has 72 heavy (non-hydrogen) atoms. The van der Waals surface area contributed by atoms with Crippen molar-refractivity contribution in [3.63, 3.8) is 0 Å². The van der Waals surface area contributed by atoms with Gasteiger partial charge in [-0.2, -0.15) is 0 Å². The fourth-order valence-electron chi connectivity index (χ4n) is 9.26. The predicted octanol–water partition coefficient (Wildman–Crippen LogP) is 7.48. The van der Waals surface area contributed by atoms with Gasteiger partial charge < -0.3 is 62.9 Å². The molecule has 6 aliphatic rings. The summed E-state index contributed by atoms with van der Waals surface area (Å²) in [6.07, 6.45) is 8.47. The third-order valence-corrected chi connectivity index (χ3v) is 13.3. The number of piperidine rings is 2. The van der Waals surface area contributed by atoms with Crippen LogP contribution in [0.3, 0.4) is 0 Å². The van der Waals surface area contributed by atoms with E-state index in [-0.39, 0.29) is 42.5 Å². The van der Waals surface area contributed by atoms with Gasteiger partial charge in [-0.3, -0.25) is 9.69 Å². The molecule has 2 aromatic carbocycles. The van der Waals surface area contributed by atoms with Gasteiger partial charge in [-0.15, -0.1) is 0 Å². The molecule has 4 aliphatic heterocycles. The molecule has 0 unspecified atom stereocenters. The molecule has 0 bridgehead atoms. The van der Waals surface area contributed by atoms with Crippen molar-refractivity contribution in [3.05, 3.63) is 47.5 Å². The fourth-order valence-corrected chi connectivity index (χ4v) is 9.26. The van der Waals surface area contributed by atoms with Gasteiger partial charge in [0.1, 0.15) is 51.4 Å². The summed E-state index contributed by atoms with van der Waals surface area (Å²) in [4.78, 5) is 49.2. The van der Waals surface area contributed by atoms with Gasteiger partial charge in [-0.25, -0.2) is 14.4 Å². The van der Waals surface area contributed by atoms with Crippen LogP contribution in [0, 0.1) is 5.92 Å². The Kier molecular flexibility index (Phi) is 22.7. The standard InChI is InChI=1S/C21H30N2O5.C14H18O4.C13H24N2O3.C5H10O2.CH4/c1-25-19-13-16(3-4-18(19)20(24)26-2)28-17-11-15(12-17)23-9-10-27-21(14-23)5-7-22-8-6-21;1-9-6-11(7-9)18-10-4-5-12(14(15)17-3)13(8-10)16-2;1-12(2,3)18-11(16)15-7-4-13(5-8-15)10-14-6-9-17-13;1-5(2,3)7-4-6;/h3-4,13,15,17,22H,5-12,14H2,1-2H3;4-5,8-9,11H,6-7H2,1-3H3;14H,4-10H2,1-3H3;4H,1-3H3;1H4. The molecule has 2 saturated carbocycles. The fraction of sp³-hybridized carbons (Fsp3) is 0.704. The van der Waals surface area contributed by atoms with Crippen LogP contribution < -0.4 is 29.6 Å². The lowest BCUT2D eigenvalue weighted by molar-refractivity contribution is -0.145. The minimum Gasteiger partial charge on any atom is -0.496 e. The van der Waals surface area contributed by atoms with Gasteiger partial charge in [0.25, 0.3) is 6.47 Å². The normalized spacial score (nSPS) is 23.1. The molecule has 2 aromatic rings. The summed E-state index contributed by atoms with van der Waals surface area (Å²) in [5.74, 6) is 2.34. The van der Waals surface area contributed by atoms with Crippen LogP contribution in [0.5, 0.6) is 23.0 Å². The maximum atomic E-state index is 11.9. The first kappa shape index (κ1) is 59.7. The van der Waals surface area contributed by atoms with Crippen LogP contribution in [0.25, 0.3) is 0 Å². The quantitative estimate of drug-likeness (QED) is 0.135. The van der Waals surface area contributed by atoms with Crippen molar-refractivity contribution in [2.24, 2.45) is 5.92 Å². The van der Waals surface area contributed by atoms with Crippen molar-refractivity contribution < 1.29 is 66.5 Å². The molecule has 2 spiro atoms. The Balaban J connectivity index is 0.000000225. The van der Waals surface area contributed by atoms with Crippen molar-refractivity contribution in [3.8, 4) is 23.0 Å². The van der Waals surface area contributed by atoms with E-state index in [0.29, 0.717) is 35.1 Å². The highest BCUT2D eigenvalue weighted by molar-refractivity contribution is 5.93. The van der Waals surface area contributed by atoms with Gasteiger partial charge >= 0.3 is 18.0 Å². The Labute approximate surface area is 428 Å². The monoisotopic (exact) mass is 1010 g/mol. The van der Waals surface area contributed by atoms with Crippen LogP contribution in [-0.2, 0) is 33.2 Å². The van der Waals surface area contributed by atoms with Crippen LogP contribution in [-0.4, -0.2) is 169 Å². The first-order chi connectivity index (χ1) is 33.7. The summed E-state index contributed by atoms with van der Waals surface area (Å²) in [6.45, 7) is 22.8. The molecule has 0 atom stereocenters. The molecular formula is C54H86N4O14. The number of benzene rings is 2. The van der Waals surface area contributed by atoms with E-state index in [2.05, 4.69) is 31.9 Å². The number of amides is 1. The molecule has 2 N–H and O–H groups in total. The maximum Gasteiger partial charge on any atom is 0.410 e. The smallest absolute Gasteiger partial charge is 0.410 e. The zero-order valence-corrected chi connectivity index (χ0v) is 44.2. The van der Waals surface area contributed by atoms with E-state index in [9.17, 15) is 19.2 Å². The molecule has 2 aliphatic carbocycles. The zero-order chi connectivity index (χ0) is 51.8. The van der Waals surface area contributed by atoms with Crippen molar-refractivity contribution in [2.45, 2.75) is 148 Å². The minimum absolute atomic E-state index is 0. The molecule has 406 valence electrons. The summed E-state index contributed by atoms with van der Waals surface area (Å²) in [5.41, 5.74) is 0.0684. The molecule has 8 rings (SSSR count). The summed E-state index contributed by atoms with van der Waals surface area (Å²) in [7, 11) is 5.78. The van der Waals surface area contributed by atoms with Crippen molar-refractivity contribution in [2.75, 3.05) is 94.0 Å². The number of carbonyl (C=O) groups excluding carboxylic acids is 4. The summed E-state index contributed by atoms with van der Waals surface area (Å²) in [5, 5.41) is 6.80. The number of esters is 2. The number of nitrogens with zero attached hydrogens (tertiary/aromatic N) is 2. The third-order valence-electron chi connectivity index (χ3n) is 13.3. The molecule has 6 fully saturated rings. The van der Waals surface area contributed by atoms with Crippen molar-refractivity contribution in [1.82, 2.24) is 20.4 Å². The number of methoxy groups -OCH3 is 4. The van der Waals surface area contributed by atoms with Gasteiger partial charge in [0.15, 0.2) is 0 Å². The number of ether oxygens (including phenoxy) is 10. The Morgan fingerprint density at radius 2 is 1.21 bits per heavy atom. The SMILES string of the molecule is C.CC(C)(C)OC(=O)N1CCC2(CC1)CNCCO2.CC(C)(C)OC=O.COC(=O)c1ccc(OC2CC(C)C2)cc1OC.COC(=O)c1ccc(OC2CC(N3CCOC4(CCNCC4)C3)C2)cc1OC. The van der Waals surface area contributed by atoms with Crippen LogP contribution >= 0.6 is 0 Å². The highest BCUT2D eigenvalue weighted by atomic mass is 16.6. The van der Waals surface area contributed by atoms with Gasteiger partial charge in [0, 0.05) is 70.3 Å². The van der Waals surface area contributed by atoms with Crippen LogP contribution in [0.2, 0.25) is 0 Å². The summed E-state index contributed by atoms with van der Waals surface area (Å²) in [6, 6.07) is 11.0. The predicted molar refractivity (Wildman–Crippen MR) is 274 cm³/mol. The molecule has 0 radical (unpaired) electrons. The Morgan fingerprint density at radius 1 is 0.681 bits per heavy atom. The summed E-state index contributed by atoms with van der Waals surface area (Å²) < 4.78 is 53.9. The average Bonchev–Trinajstić information content (AvgIpc) is 3.32. The number of hydrogen-bond donors (Lipinski definition) is 2. The number of hydrogen-bond acceptors (Lipinski definition) is 17. The molecule has 1 amide bonds. The molecule has 4 saturated heterocycles. The molecular weight excluding hydrogens is 929 g/mol. The van der Waals surface area contributed by atoms with E-state index < -0.39 is 17.5 Å². The van der Waals surface area contributed by atoms with E-state index in [1.807, 2.05) is 41.5 Å². The average molecular weight is 1020 g/mol. The van der Waals surface area contributed by atoms with Crippen molar-refractivity contribution in [1.29, 1.82) is 0 Å². The van der Waals surface area contributed by atoms with E-state index in [4.69, 9.17) is 37.9 Å². The number of nitrogens with one attached hydrogen (secondary N) is 2. The van der Waals surface area contributed by atoms with Crippen LogP contribution in [0.1, 0.15) is 128 Å². The van der Waals surface area contributed by atoms with E-state index in [1.165, 1.54) is 21.3 Å².